The Hall–Kier alpha value is -2.10. The maximum atomic E-state index is 13.1. The molecule has 0 aliphatic rings. The Bertz CT molecular complexity index is 572. The van der Waals surface area contributed by atoms with E-state index < -0.39 is 0 Å². The fourth-order valence-corrected chi connectivity index (χ4v) is 1.97. The predicted octanol–water partition coefficient (Wildman–Crippen LogP) is 3.71. The van der Waals surface area contributed by atoms with Crippen LogP contribution in [-0.2, 0) is 0 Å². The van der Waals surface area contributed by atoms with E-state index in [0.29, 0.717) is 0 Å². The second-order valence-electron chi connectivity index (χ2n) is 4.49. The molecule has 0 amide bonds. The molecular weight excluding hydrogens is 243 g/mol. The number of methoxy groups -OCH3 is 1. The zero-order valence-electron chi connectivity index (χ0n) is 11.3. The Morgan fingerprint density at radius 1 is 1.26 bits per heavy atom. The van der Waals surface area contributed by atoms with Crippen molar-refractivity contribution in [3.63, 3.8) is 0 Å². The Morgan fingerprint density at radius 2 is 2.05 bits per heavy atom. The quantitative estimate of drug-likeness (QED) is 0.910. The van der Waals surface area contributed by atoms with Gasteiger partial charge in [-0.1, -0.05) is 0 Å². The van der Waals surface area contributed by atoms with Crippen LogP contribution in [0.1, 0.15) is 24.1 Å². The highest BCUT2D eigenvalue weighted by Gasteiger charge is 2.08. The third-order valence-corrected chi connectivity index (χ3v) is 3.00. The van der Waals surface area contributed by atoms with Crippen LogP contribution in [0.2, 0.25) is 0 Å². The first-order valence-electron chi connectivity index (χ1n) is 6.12. The van der Waals surface area contributed by atoms with Crippen molar-refractivity contribution in [2.75, 3.05) is 12.4 Å². The summed E-state index contributed by atoms with van der Waals surface area (Å²) in [6.07, 6.45) is 2.87. The summed E-state index contributed by atoms with van der Waals surface area (Å²) >= 11 is 0. The molecule has 0 saturated carbocycles. The smallest absolute Gasteiger partial charge is 0.141 e. The minimum atomic E-state index is -0.322. The molecular formula is C15H17FN2O. The normalized spacial score (nSPS) is 12.0. The number of benzene rings is 1. The van der Waals surface area contributed by atoms with Gasteiger partial charge in [-0.3, -0.25) is 4.98 Å². The van der Waals surface area contributed by atoms with Gasteiger partial charge in [0.15, 0.2) is 0 Å². The summed E-state index contributed by atoms with van der Waals surface area (Å²) in [5, 5.41) is 3.32. The molecule has 1 N–H and O–H groups in total. The summed E-state index contributed by atoms with van der Waals surface area (Å²) in [6.45, 7) is 3.95. The number of pyridine rings is 1. The summed E-state index contributed by atoms with van der Waals surface area (Å²) in [4.78, 5) is 3.86. The molecule has 0 aliphatic carbocycles. The number of hydrogen-bond donors (Lipinski definition) is 1. The van der Waals surface area contributed by atoms with Crippen LogP contribution in [0.25, 0.3) is 0 Å². The lowest BCUT2D eigenvalue weighted by Crippen LogP contribution is -2.07. The molecule has 0 radical (unpaired) electrons. The zero-order valence-corrected chi connectivity index (χ0v) is 11.3. The van der Waals surface area contributed by atoms with Crippen LogP contribution in [0.5, 0.6) is 5.75 Å². The molecule has 1 heterocycles. The lowest BCUT2D eigenvalue weighted by Gasteiger charge is -2.16. The first-order valence-corrected chi connectivity index (χ1v) is 6.12. The number of rotatable bonds is 4. The molecule has 0 aliphatic heterocycles. The molecule has 0 spiro atoms. The van der Waals surface area contributed by atoms with E-state index in [9.17, 15) is 4.39 Å². The molecule has 1 unspecified atom stereocenters. The van der Waals surface area contributed by atoms with Crippen molar-refractivity contribution in [1.82, 2.24) is 4.98 Å². The minimum absolute atomic E-state index is 0.0176. The van der Waals surface area contributed by atoms with Gasteiger partial charge in [-0.25, -0.2) is 4.39 Å². The number of nitrogens with zero attached hydrogens (tertiary/aromatic N) is 1. The second-order valence-corrected chi connectivity index (χ2v) is 4.49. The molecule has 0 fully saturated rings. The SMILES string of the molecule is COc1ccc(NC(C)c2cncc(F)c2)cc1C. The molecule has 1 atom stereocenters. The van der Waals surface area contributed by atoms with E-state index in [1.807, 2.05) is 32.0 Å². The summed E-state index contributed by atoms with van der Waals surface area (Å²) in [5.74, 6) is 0.530. The summed E-state index contributed by atoms with van der Waals surface area (Å²) in [7, 11) is 1.65. The van der Waals surface area contributed by atoms with Crippen LogP contribution in [0.15, 0.2) is 36.7 Å². The van der Waals surface area contributed by atoms with Gasteiger partial charge in [-0.2, -0.15) is 0 Å². The van der Waals surface area contributed by atoms with E-state index in [2.05, 4.69) is 10.3 Å². The van der Waals surface area contributed by atoms with Crippen LogP contribution < -0.4 is 10.1 Å². The van der Waals surface area contributed by atoms with Gasteiger partial charge in [0.05, 0.1) is 19.3 Å². The maximum absolute atomic E-state index is 13.1. The zero-order chi connectivity index (χ0) is 13.8. The molecule has 0 saturated heterocycles. The largest absolute Gasteiger partial charge is 0.496 e. The molecule has 1 aromatic carbocycles. The van der Waals surface area contributed by atoms with Gasteiger partial charge in [0.1, 0.15) is 11.6 Å². The van der Waals surface area contributed by atoms with Crippen LogP contribution in [-0.4, -0.2) is 12.1 Å². The predicted molar refractivity (Wildman–Crippen MR) is 74.0 cm³/mol. The highest BCUT2D eigenvalue weighted by molar-refractivity contribution is 5.51. The number of anilines is 1. The standard InChI is InChI=1S/C15H17FN2O/c1-10-6-14(4-5-15(10)19-3)18-11(2)12-7-13(16)9-17-8-12/h4-9,11,18H,1-3H3. The van der Waals surface area contributed by atoms with E-state index >= 15 is 0 Å². The van der Waals surface area contributed by atoms with Crippen molar-refractivity contribution in [1.29, 1.82) is 0 Å². The number of ether oxygens (including phenoxy) is 1. The first kappa shape index (κ1) is 13.3. The third kappa shape index (κ3) is 3.22. The fraction of sp³-hybridized carbons (Fsp3) is 0.267. The Morgan fingerprint density at radius 3 is 2.68 bits per heavy atom. The van der Waals surface area contributed by atoms with Crippen LogP contribution in [0.3, 0.4) is 0 Å². The number of aryl methyl sites for hydroxylation is 1. The number of aromatic nitrogens is 1. The lowest BCUT2D eigenvalue weighted by atomic mass is 10.1. The van der Waals surface area contributed by atoms with Crippen molar-refractivity contribution in [3.05, 3.63) is 53.6 Å². The molecule has 2 aromatic rings. The highest BCUT2D eigenvalue weighted by atomic mass is 19.1. The van der Waals surface area contributed by atoms with Gasteiger partial charge in [0.2, 0.25) is 0 Å². The van der Waals surface area contributed by atoms with Gasteiger partial charge in [0.25, 0.3) is 0 Å². The summed E-state index contributed by atoms with van der Waals surface area (Å²) in [6, 6.07) is 7.32. The van der Waals surface area contributed by atoms with Crippen LogP contribution in [0, 0.1) is 12.7 Å². The molecule has 2 rings (SSSR count). The lowest BCUT2D eigenvalue weighted by molar-refractivity contribution is 0.412. The van der Waals surface area contributed by atoms with Crippen molar-refractivity contribution in [3.8, 4) is 5.75 Å². The van der Waals surface area contributed by atoms with Crippen molar-refractivity contribution >= 4 is 5.69 Å². The monoisotopic (exact) mass is 260 g/mol. The molecule has 19 heavy (non-hydrogen) atoms. The molecule has 0 bridgehead atoms. The summed E-state index contributed by atoms with van der Waals surface area (Å²) < 4.78 is 18.3. The molecule has 3 nitrogen and oxygen atoms in total. The Kier molecular flexibility index (Phi) is 4.00. The number of hydrogen-bond acceptors (Lipinski definition) is 3. The molecule has 100 valence electrons. The van der Waals surface area contributed by atoms with E-state index in [-0.39, 0.29) is 11.9 Å². The average molecular weight is 260 g/mol. The van der Waals surface area contributed by atoms with Gasteiger partial charge in [-0.15, -0.1) is 0 Å². The number of nitrogens with one attached hydrogen (secondary N) is 1. The minimum Gasteiger partial charge on any atom is -0.496 e. The Labute approximate surface area is 112 Å². The van der Waals surface area contributed by atoms with Crippen molar-refractivity contribution < 1.29 is 9.13 Å². The summed E-state index contributed by atoms with van der Waals surface area (Å²) in [5.41, 5.74) is 2.83. The van der Waals surface area contributed by atoms with Crippen LogP contribution >= 0.6 is 0 Å². The van der Waals surface area contributed by atoms with Crippen molar-refractivity contribution in [2.45, 2.75) is 19.9 Å². The highest BCUT2D eigenvalue weighted by Crippen LogP contribution is 2.24. The van der Waals surface area contributed by atoms with Gasteiger partial charge in [-0.05, 0) is 49.2 Å². The topological polar surface area (TPSA) is 34.1 Å². The van der Waals surface area contributed by atoms with E-state index in [0.717, 1.165) is 22.6 Å². The van der Waals surface area contributed by atoms with E-state index in [1.165, 1.54) is 12.3 Å². The number of halogens is 1. The van der Waals surface area contributed by atoms with Gasteiger partial charge in [0, 0.05) is 11.9 Å². The molecule has 1 aromatic heterocycles. The second kappa shape index (κ2) is 5.69. The fourth-order valence-electron chi connectivity index (χ4n) is 1.97. The maximum Gasteiger partial charge on any atom is 0.141 e. The molecule has 4 heteroatoms. The van der Waals surface area contributed by atoms with Crippen LogP contribution in [0.4, 0.5) is 10.1 Å². The average Bonchev–Trinajstić information content (AvgIpc) is 2.39. The van der Waals surface area contributed by atoms with Crippen molar-refractivity contribution in [2.24, 2.45) is 0 Å². The van der Waals surface area contributed by atoms with Gasteiger partial charge < -0.3 is 10.1 Å². The van der Waals surface area contributed by atoms with E-state index in [1.54, 1.807) is 13.3 Å². The van der Waals surface area contributed by atoms with E-state index in [4.69, 9.17) is 4.74 Å². The Balaban J connectivity index is 2.14. The van der Waals surface area contributed by atoms with Gasteiger partial charge >= 0.3 is 0 Å². The third-order valence-electron chi connectivity index (χ3n) is 3.00. The first-order chi connectivity index (χ1) is 9.10.